The number of likely N-dealkylation sites (tertiary alicyclic amines) is 1. The van der Waals surface area contributed by atoms with Crippen LogP contribution in [0.15, 0.2) is 29.2 Å². The fourth-order valence-corrected chi connectivity index (χ4v) is 3.95. The average Bonchev–Trinajstić information content (AvgIpc) is 2.97. The number of benzene rings is 1. The van der Waals surface area contributed by atoms with Gasteiger partial charge in [0.05, 0.1) is 4.90 Å². The van der Waals surface area contributed by atoms with Gasteiger partial charge < -0.3 is 4.90 Å². The Bertz CT molecular complexity index is 630. The molecular formula is C14H18N2O3S. The standard InChI is InChI=1S/C14H18N2O3S/c15-20(18,19)13-6-2-3-10(7-13)14(17)16-8-11-4-1-5-12(11)9-16/h2-3,6-7,11-12H,1,4-5,8-9H2,(H2,15,18,19). The van der Waals surface area contributed by atoms with Gasteiger partial charge in [-0.15, -0.1) is 0 Å². The predicted octanol–water partition coefficient (Wildman–Crippen LogP) is 1.21. The van der Waals surface area contributed by atoms with Crippen LogP contribution >= 0.6 is 0 Å². The summed E-state index contributed by atoms with van der Waals surface area (Å²) in [6.07, 6.45) is 3.66. The number of sulfonamides is 1. The molecule has 6 heteroatoms. The molecule has 0 aromatic heterocycles. The number of carbonyl (C=O) groups excluding carboxylic acids is 1. The molecule has 0 spiro atoms. The second kappa shape index (κ2) is 4.86. The van der Waals surface area contributed by atoms with Crippen molar-refractivity contribution in [3.8, 4) is 0 Å². The lowest BCUT2D eigenvalue weighted by Crippen LogP contribution is -2.29. The summed E-state index contributed by atoms with van der Waals surface area (Å²) in [5, 5.41) is 5.10. The first-order chi connectivity index (χ1) is 9.45. The van der Waals surface area contributed by atoms with Crippen molar-refractivity contribution in [2.75, 3.05) is 13.1 Å². The summed E-state index contributed by atoms with van der Waals surface area (Å²) in [7, 11) is -3.77. The highest BCUT2D eigenvalue weighted by Crippen LogP contribution is 2.38. The van der Waals surface area contributed by atoms with E-state index >= 15 is 0 Å². The van der Waals surface area contributed by atoms with E-state index in [1.165, 1.54) is 31.4 Å². The topological polar surface area (TPSA) is 80.5 Å². The van der Waals surface area contributed by atoms with E-state index in [-0.39, 0.29) is 10.8 Å². The fourth-order valence-electron chi connectivity index (χ4n) is 3.39. The van der Waals surface area contributed by atoms with E-state index in [9.17, 15) is 13.2 Å². The van der Waals surface area contributed by atoms with Gasteiger partial charge in [-0.3, -0.25) is 4.79 Å². The van der Waals surface area contributed by atoms with E-state index < -0.39 is 10.0 Å². The van der Waals surface area contributed by atoms with Crippen molar-refractivity contribution in [1.29, 1.82) is 0 Å². The number of fused-ring (bicyclic) bond motifs is 1. The Labute approximate surface area is 118 Å². The van der Waals surface area contributed by atoms with E-state index in [1.54, 1.807) is 12.1 Å². The van der Waals surface area contributed by atoms with Crippen molar-refractivity contribution >= 4 is 15.9 Å². The molecule has 1 saturated heterocycles. The molecule has 3 rings (SSSR count). The van der Waals surface area contributed by atoms with Gasteiger partial charge in [0, 0.05) is 18.7 Å². The first-order valence-corrected chi connectivity index (χ1v) is 8.42. The molecule has 0 radical (unpaired) electrons. The van der Waals surface area contributed by atoms with E-state index in [4.69, 9.17) is 5.14 Å². The van der Waals surface area contributed by atoms with Crippen LogP contribution < -0.4 is 5.14 Å². The molecule has 1 aliphatic carbocycles. The zero-order valence-electron chi connectivity index (χ0n) is 11.2. The molecule has 108 valence electrons. The van der Waals surface area contributed by atoms with Crippen LogP contribution in [0, 0.1) is 11.8 Å². The van der Waals surface area contributed by atoms with Gasteiger partial charge in [0.15, 0.2) is 0 Å². The molecule has 0 bridgehead atoms. The Morgan fingerprint density at radius 2 is 1.85 bits per heavy atom. The van der Waals surface area contributed by atoms with Gasteiger partial charge in [-0.05, 0) is 42.9 Å². The second-order valence-electron chi connectivity index (χ2n) is 5.73. The Hall–Kier alpha value is -1.40. The maximum Gasteiger partial charge on any atom is 0.253 e. The van der Waals surface area contributed by atoms with Gasteiger partial charge in [0.1, 0.15) is 0 Å². The summed E-state index contributed by atoms with van der Waals surface area (Å²) in [5.41, 5.74) is 0.400. The molecule has 2 N–H and O–H groups in total. The summed E-state index contributed by atoms with van der Waals surface area (Å²) in [6.45, 7) is 1.59. The van der Waals surface area contributed by atoms with Crippen LogP contribution in [-0.4, -0.2) is 32.3 Å². The van der Waals surface area contributed by atoms with Crippen LogP contribution in [0.4, 0.5) is 0 Å². The van der Waals surface area contributed by atoms with E-state index in [0.29, 0.717) is 17.4 Å². The maximum atomic E-state index is 12.4. The first kappa shape index (κ1) is 13.6. The van der Waals surface area contributed by atoms with Crippen LogP contribution in [-0.2, 0) is 10.0 Å². The fraction of sp³-hybridized carbons (Fsp3) is 0.500. The molecule has 1 amide bonds. The molecule has 2 atom stereocenters. The summed E-state index contributed by atoms with van der Waals surface area (Å²) in [6, 6.07) is 5.98. The monoisotopic (exact) mass is 294 g/mol. The second-order valence-corrected chi connectivity index (χ2v) is 7.30. The first-order valence-electron chi connectivity index (χ1n) is 6.87. The average molecular weight is 294 g/mol. The van der Waals surface area contributed by atoms with Crippen molar-refractivity contribution < 1.29 is 13.2 Å². The highest BCUT2D eigenvalue weighted by atomic mass is 32.2. The highest BCUT2D eigenvalue weighted by Gasteiger charge is 2.38. The summed E-state index contributed by atoms with van der Waals surface area (Å²) in [4.78, 5) is 14.3. The van der Waals surface area contributed by atoms with Crippen molar-refractivity contribution in [3.63, 3.8) is 0 Å². The summed E-state index contributed by atoms with van der Waals surface area (Å²) >= 11 is 0. The normalized spacial score (nSPS) is 25.8. The number of carbonyl (C=O) groups is 1. The number of nitrogens with zero attached hydrogens (tertiary/aromatic N) is 1. The quantitative estimate of drug-likeness (QED) is 0.890. The van der Waals surface area contributed by atoms with Crippen LogP contribution in [0.25, 0.3) is 0 Å². The third-order valence-electron chi connectivity index (χ3n) is 4.42. The zero-order valence-corrected chi connectivity index (χ0v) is 12.0. The molecule has 1 aliphatic heterocycles. The van der Waals surface area contributed by atoms with Gasteiger partial charge >= 0.3 is 0 Å². The van der Waals surface area contributed by atoms with Crippen LogP contribution in [0.1, 0.15) is 29.6 Å². The largest absolute Gasteiger partial charge is 0.338 e. The molecule has 1 aromatic rings. The third-order valence-corrected chi connectivity index (χ3v) is 5.33. The molecule has 1 heterocycles. The minimum atomic E-state index is -3.77. The minimum absolute atomic E-state index is 0.0114. The highest BCUT2D eigenvalue weighted by molar-refractivity contribution is 7.89. The lowest BCUT2D eigenvalue weighted by molar-refractivity contribution is 0.0780. The Morgan fingerprint density at radius 3 is 2.45 bits per heavy atom. The van der Waals surface area contributed by atoms with Gasteiger partial charge in [0.2, 0.25) is 10.0 Å². The van der Waals surface area contributed by atoms with E-state index in [2.05, 4.69) is 0 Å². The number of hydrogen-bond donors (Lipinski definition) is 1. The Balaban J connectivity index is 1.81. The van der Waals surface area contributed by atoms with Gasteiger partial charge in [0.25, 0.3) is 5.91 Å². The van der Waals surface area contributed by atoms with Crippen LogP contribution in [0.2, 0.25) is 0 Å². The Kier molecular flexibility index (Phi) is 3.30. The number of nitrogens with two attached hydrogens (primary N) is 1. The smallest absolute Gasteiger partial charge is 0.253 e. The number of rotatable bonds is 2. The molecule has 2 aliphatic rings. The number of amides is 1. The third kappa shape index (κ3) is 2.45. The lowest BCUT2D eigenvalue weighted by atomic mass is 10.0. The van der Waals surface area contributed by atoms with Crippen molar-refractivity contribution in [2.45, 2.75) is 24.2 Å². The van der Waals surface area contributed by atoms with Crippen molar-refractivity contribution in [2.24, 2.45) is 17.0 Å². The van der Waals surface area contributed by atoms with Crippen molar-refractivity contribution in [1.82, 2.24) is 4.90 Å². The van der Waals surface area contributed by atoms with Crippen LogP contribution in [0.5, 0.6) is 0 Å². The van der Waals surface area contributed by atoms with Gasteiger partial charge in [-0.25, -0.2) is 13.6 Å². The number of hydrogen-bond acceptors (Lipinski definition) is 3. The molecule has 5 nitrogen and oxygen atoms in total. The molecule has 2 unspecified atom stereocenters. The molecule has 1 saturated carbocycles. The van der Waals surface area contributed by atoms with Gasteiger partial charge in [-0.2, -0.15) is 0 Å². The molecule has 20 heavy (non-hydrogen) atoms. The summed E-state index contributed by atoms with van der Waals surface area (Å²) < 4.78 is 22.7. The number of primary sulfonamides is 1. The maximum absolute atomic E-state index is 12.4. The molecular weight excluding hydrogens is 276 g/mol. The lowest BCUT2D eigenvalue weighted by Gasteiger charge is -2.17. The van der Waals surface area contributed by atoms with Gasteiger partial charge in [-0.1, -0.05) is 12.5 Å². The van der Waals surface area contributed by atoms with E-state index in [0.717, 1.165) is 13.1 Å². The van der Waals surface area contributed by atoms with Crippen molar-refractivity contribution in [3.05, 3.63) is 29.8 Å². The van der Waals surface area contributed by atoms with E-state index in [1.807, 2.05) is 4.90 Å². The minimum Gasteiger partial charge on any atom is -0.338 e. The van der Waals surface area contributed by atoms with Crippen LogP contribution in [0.3, 0.4) is 0 Å². The summed E-state index contributed by atoms with van der Waals surface area (Å²) in [5.74, 6) is 1.16. The zero-order chi connectivity index (χ0) is 14.3. The molecule has 1 aromatic carbocycles. The SMILES string of the molecule is NS(=O)(=O)c1cccc(C(=O)N2CC3CCCC3C2)c1. The predicted molar refractivity (Wildman–Crippen MR) is 74.5 cm³/mol. The molecule has 2 fully saturated rings. The Morgan fingerprint density at radius 1 is 1.20 bits per heavy atom.